The van der Waals surface area contributed by atoms with E-state index in [1.807, 2.05) is 0 Å². The first kappa shape index (κ1) is 6.09. The van der Waals surface area contributed by atoms with E-state index in [1.54, 1.807) is 0 Å². The minimum Gasteiger partial charge on any atom is -0.330 e. The molecule has 0 aromatic rings. The van der Waals surface area contributed by atoms with Crippen molar-refractivity contribution in [2.75, 3.05) is 6.54 Å². The van der Waals surface area contributed by atoms with Crippen molar-refractivity contribution in [3.63, 3.8) is 0 Å². The fourth-order valence-corrected chi connectivity index (χ4v) is 1.49. The molecule has 0 aromatic carbocycles. The van der Waals surface area contributed by atoms with Gasteiger partial charge in [-0.25, -0.2) is 0 Å². The lowest BCUT2D eigenvalue weighted by atomic mass is 9.67. The van der Waals surface area contributed by atoms with E-state index in [0.29, 0.717) is 0 Å². The Labute approximate surface area is 51.3 Å². The minimum atomic E-state index is 0.838. The maximum absolute atomic E-state index is 5.49. The SMILES string of the molecule is CC1C[C@@H](CN)C1C. The molecule has 8 heavy (non-hydrogen) atoms. The Kier molecular flexibility index (Phi) is 1.57. The predicted octanol–water partition coefficient (Wildman–Crippen LogP) is 1.24. The third kappa shape index (κ3) is 0.752. The molecular weight excluding hydrogens is 98.1 g/mol. The van der Waals surface area contributed by atoms with Gasteiger partial charge in [-0.05, 0) is 30.7 Å². The molecule has 0 aromatic heterocycles. The zero-order valence-corrected chi connectivity index (χ0v) is 5.72. The van der Waals surface area contributed by atoms with E-state index in [0.717, 1.165) is 24.3 Å². The summed E-state index contributed by atoms with van der Waals surface area (Å²) in [5, 5.41) is 0. The van der Waals surface area contributed by atoms with Gasteiger partial charge in [-0.2, -0.15) is 0 Å². The van der Waals surface area contributed by atoms with Crippen molar-refractivity contribution in [1.82, 2.24) is 0 Å². The van der Waals surface area contributed by atoms with Crippen LogP contribution in [0.25, 0.3) is 0 Å². The Hall–Kier alpha value is -0.0400. The highest BCUT2D eigenvalue weighted by molar-refractivity contribution is 4.83. The van der Waals surface area contributed by atoms with Crippen LogP contribution in [-0.2, 0) is 0 Å². The van der Waals surface area contributed by atoms with E-state index in [1.165, 1.54) is 6.42 Å². The highest BCUT2D eigenvalue weighted by Crippen LogP contribution is 2.38. The summed E-state index contributed by atoms with van der Waals surface area (Å²) in [5.41, 5.74) is 5.49. The van der Waals surface area contributed by atoms with Crippen LogP contribution >= 0.6 is 0 Å². The average Bonchev–Trinajstić information content (AvgIpc) is 1.81. The molecule has 0 saturated heterocycles. The van der Waals surface area contributed by atoms with E-state index < -0.39 is 0 Å². The van der Waals surface area contributed by atoms with E-state index in [2.05, 4.69) is 13.8 Å². The van der Waals surface area contributed by atoms with Gasteiger partial charge in [0.25, 0.3) is 0 Å². The number of rotatable bonds is 1. The summed E-state index contributed by atoms with van der Waals surface area (Å²) in [6, 6.07) is 0. The Balaban J connectivity index is 2.25. The number of hydrogen-bond acceptors (Lipinski definition) is 1. The van der Waals surface area contributed by atoms with Crippen LogP contribution in [0, 0.1) is 17.8 Å². The van der Waals surface area contributed by atoms with Crippen LogP contribution in [0.5, 0.6) is 0 Å². The van der Waals surface area contributed by atoms with Crippen LogP contribution in [0.1, 0.15) is 20.3 Å². The van der Waals surface area contributed by atoms with Gasteiger partial charge in [0.2, 0.25) is 0 Å². The van der Waals surface area contributed by atoms with Gasteiger partial charge in [0.15, 0.2) is 0 Å². The normalized spacial score (nSPS) is 46.1. The van der Waals surface area contributed by atoms with Gasteiger partial charge in [-0.15, -0.1) is 0 Å². The molecule has 0 radical (unpaired) electrons. The van der Waals surface area contributed by atoms with Gasteiger partial charge in [0.05, 0.1) is 0 Å². The second kappa shape index (κ2) is 2.06. The molecule has 48 valence electrons. The van der Waals surface area contributed by atoms with Gasteiger partial charge in [-0.1, -0.05) is 13.8 Å². The van der Waals surface area contributed by atoms with E-state index in [-0.39, 0.29) is 0 Å². The van der Waals surface area contributed by atoms with Crippen LogP contribution in [0.2, 0.25) is 0 Å². The molecule has 0 bridgehead atoms. The first-order chi connectivity index (χ1) is 3.75. The lowest BCUT2D eigenvalue weighted by molar-refractivity contribution is 0.111. The fourth-order valence-electron chi connectivity index (χ4n) is 1.49. The minimum absolute atomic E-state index is 0.838. The topological polar surface area (TPSA) is 26.0 Å². The van der Waals surface area contributed by atoms with Crippen molar-refractivity contribution >= 4 is 0 Å². The zero-order valence-electron chi connectivity index (χ0n) is 5.72. The summed E-state index contributed by atoms with van der Waals surface area (Å²) in [7, 11) is 0. The summed E-state index contributed by atoms with van der Waals surface area (Å²) in [6.45, 7) is 5.49. The summed E-state index contributed by atoms with van der Waals surface area (Å²) >= 11 is 0. The summed E-state index contributed by atoms with van der Waals surface area (Å²) in [4.78, 5) is 0. The van der Waals surface area contributed by atoms with Crippen LogP contribution in [0.15, 0.2) is 0 Å². The lowest BCUT2D eigenvalue weighted by Crippen LogP contribution is -2.37. The summed E-state index contributed by atoms with van der Waals surface area (Å²) < 4.78 is 0. The van der Waals surface area contributed by atoms with Crippen LogP contribution in [0.3, 0.4) is 0 Å². The van der Waals surface area contributed by atoms with Crippen molar-refractivity contribution in [3.05, 3.63) is 0 Å². The van der Waals surface area contributed by atoms with Crippen LogP contribution < -0.4 is 5.73 Å². The summed E-state index contributed by atoms with van der Waals surface area (Å²) in [6.07, 6.45) is 1.36. The number of hydrogen-bond donors (Lipinski definition) is 1. The molecule has 1 rings (SSSR count). The van der Waals surface area contributed by atoms with Gasteiger partial charge < -0.3 is 5.73 Å². The molecule has 0 heterocycles. The molecule has 3 atom stereocenters. The molecule has 1 aliphatic rings. The predicted molar refractivity (Wildman–Crippen MR) is 35.5 cm³/mol. The Morgan fingerprint density at radius 1 is 1.50 bits per heavy atom. The molecule has 1 saturated carbocycles. The lowest BCUT2D eigenvalue weighted by Gasteiger charge is -2.40. The Bertz CT molecular complexity index is 80.5. The van der Waals surface area contributed by atoms with Crippen molar-refractivity contribution in [3.8, 4) is 0 Å². The molecule has 2 unspecified atom stereocenters. The third-order valence-electron chi connectivity index (χ3n) is 2.62. The van der Waals surface area contributed by atoms with Crippen molar-refractivity contribution in [2.45, 2.75) is 20.3 Å². The highest BCUT2D eigenvalue weighted by Gasteiger charge is 2.32. The van der Waals surface area contributed by atoms with Gasteiger partial charge in [0.1, 0.15) is 0 Å². The van der Waals surface area contributed by atoms with Crippen molar-refractivity contribution < 1.29 is 0 Å². The molecule has 0 spiro atoms. The van der Waals surface area contributed by atoms with Crippen LogP contribution in [-0.4, -0.2) is 6.54 Å². The monoisotopic (exact) mass is 113 g/mol. The maximum atomic E-state index is 5.49. The standard InChI is InChI=1S/C7H15N/c1-5-3-7(4-8)6(5)2/h5-7H,3-4,8H2,1-2H3/t5?,6?,7-/m0/s1. The molecule has 0 amide bonds. The zero-order chi connectivity index (χ0) is 6.15. The van der Waals surface area contributed by atoms with Gasteiger partial charge in [0, 0.05) is 0 Å². The molecule has 1 fully saturated rings. The molecular formula is C7H15N. The number of nitrogens with two attached hydrogens (primary N) is 1. The highest BCUT2D eigenvalue weighted by atomic mass is 14.6. The van der Waals surface area contributed by atoms with E-state index >= 15 is 0 Å². The van der Waals surface area contributed by atoms with Gasteiger partial charge >= 0.3 is 0 Å². The van der Waals surface area contributed by atoms with Crippen molar-refractivity contribution in [2.24, 2.45) is 23.5 Å². The fraction of sp³-hybridized carbons (Fsp3) is 1.00. The average molecular weight is 113 g/mol. The quantitative estimate of drug-likeness (QED) is 0.544. The summed E-state index contributed by atoms with van der Waals surface area (Å²) in [5.74, 6) is 2.66. The maximum Gasteiger partial charge on any atom is -0.00461 e. The largest absolute Gasteiger partial charge is 0.330 e. The smallest absolute Gasteiger partial charge is 0.00461 e. The first-order valence-corrected chi connectivity index (χ1v) is 3.45. The molecule has 1 nitrogen and oxygen atoms in total. The van der Waals surface area contributed by atoms with Crippen molar-refractivity contribution in [1.29, 1.82) is 0 Å². The Morgan fingerprint density at radius 2 is 2.12 bits per heavy atom. The second-order valence-electron chi connectivity index (χ2n) is 3.07. The molecule has 2 N–H and O–H groups in total. The van der Waals surface area contributed by atoms with Crippen LogP contribution in [0.4, 0.5) is 0 Å². The third-order valence-corrected chi connectivity index (χ3v) is 2.62. The Morgan fingerprint density at radius 3 is 2.25 bits per heavy atom. The van der Waals surface area contributed by atoms with E-state index in [4.69, 9.17) is 5.73 Å². The second-order valence-corrected chi connectivity index (χ2v) is 3.07. The molecule has 1 heteroatoms. The molecule has 1 aliphatic carbocycles. The molecule has 0 aliphatic heterocycles. The first-order valence-electron chi connectivity index (χ1n) is 3.45. The van der Waals surface area contributed by atoms with E-state index in [9.17, 15) is 0 Å². The van der Waals surface area contributed by atoms with Gasteiger partial charge in [-0.3, -0.25) is 0 Å².